The van der Waals surface area contributed by atoms with Gasteiger partial charge in [-0.1, -0.05) is 0 Å². The molecule has 14 heavy (non-hydrogen) atoms. The van der Waals surface area contributed by atoms with Gasteiger partial charge in [-0.2, -0.15) is 0 Å². The molecule has 3 N–H and O–H groups in total. The van der Waals surface area contributed by atoms with Crippen molar-refractivity contribution >= 4 is 12.2 Å². The zero-order valence-electron chi connectivity index (χ0n) is 8.19. The van der Waals surface area contributed by atoms with Crippen LogP contribution in [-0.2, 0) is 9.59 Å². The molecule has 3 atom stereocenters. The maximum atomic E-state index is 11.5. The number of aldehydes is 1. The molecule has 0 spiro atoms. The van der Waals surface area contributed by atoms with Crippen LogP contribution in [0.3, 0.4) is 0 Å². The smallest absolute Gasteiger partial charge is 0.237 e. The minimum atomic E-state index is -0.849. The molecule has 0 radical (unpaired) electrons. The van der Waals surface area contributed by atoms with Crippen LogP contribution in [0.1, 0.15) is 19.8 Å². The molecule has 1 fully saturated rings. The highest BCUT2D eigenvalue weighted by Crippen LogP contribution is 2.05. The van der Waals surface area contributed by atoms with E-state index < -0.39 is 12.1 Å². The first-order valence-corrected chi connectivity index (χ1v) is 4.82. The average molecular weight is 200 g/mol. The van der Waals surface area contributed by atoms with E-state index in [0.717, 1.165) is 19.4 Å². The molecule has 0 aromatic rings. The van der Waals surface area contributed by atoms with Crippen molar-refractivity contribution in [3.63, 3.8) is 0 Å². The minimum Gasteiger partial charge on any atom is -0.391 e. The molecule has 0 aromatic carbocycles. The fraction of sp³-hybridized carbons (Fsp3) is 0.778. The van der Waals surface area contributed by atoms with Crippen molar-refractivity contribution in [2.75, 3.05) is 6.54 Å². The third kappa shape index (κ3) is 2.78. The number of carbonyl (C=O) groups is 2. The van der Waals surface area contributed by atoms with Crippen LogP contribution in [0, 0.1) is 0 Å². The number of rotatable bonds is 4. The third-order valence-corrected chi connectivity index (χ3v) is 2.35. The van der Waals surface area contributed by atoms with Crippen molar-refractivity contribution < 1.29 is 14.7 Å². The second-order valence-corrected chi connectivity index (χ2v) is 3.56. The Morgan fingerprint density at radius 1 is 1.71 bits per heavy atom. The van der Waals surface area contributed by atoms with Gasteiger partial charge < -0.3 is 20.5 Å². The standard InChI is InChI=1S/C9H16N2O3/c1-6(13)8(5-12)11-9(14)7-3-2-4-10-7/h5-8,10,13H,2-4H2,1H3,(H,11,14). The number of carbonyl (C=O) groups excluding carboxylic acids is 2. The van der Waals surface area contributed by atoms with Crippen LogP contribution in [0.15, 0.2) is 0 Å². The first-order chi connectivity index (χ1) is 6.65. The molecule has 0 bridgehead atoms. The Labute approximate surface area is 82.9 Å². The van der Waals surface area contributed by atoms with Crippen LogP contribution in [0.4, 0.5) is 0 Å². The molecule has 80 valence electrons. The number of hydrogen-bond acceptors (Lipinski definition) is 4. The van der Waals surface area contributed by atoms with E-state index in [1.165, 1.54) is 6.92 Å². The highest BCUT2D eigenvalue weighted by molar-refractivity contribution is 5.84. The number of hydrogen-bond donors (Lipinski definition) is 3. The fourth-order valence-electron chi connectivity index (χ4n) is 1.44. The van der Waals surface area contributed by atoms with Crippen LogP contribution < -0.4 is 10.6 Å². The first-order valence-electron chi connectivity index (χ1n) is 4.82. The average Bonchev–Trinajstić information content (AvgIpc) is 2.65. The van der Waals surface area contributed by atoms with Gasteiger partial charge in [-0.05, 0) is 26.3 Å². The summed E-state index contributed by atoms with van der Waals surface area (Å²) in [6.07, 6.45) is 1.46. The molecule has 1 heterocycles. The summed E-state index contributed by atoms with van der Waals surface area (Å²) in [7, 11) is 0. The van der Waals surface area contributed by atoms with Gasteiger partial charge in [-0.15, -0.1) is 0 Å². The van der Waals surface area contributed by atoms with E-state index >= 15 is 0 Å². The summed E-state index contributed by atoms with van der Waals surface area (Å²) >= 11 is 0. The Morgan fingerprint density at radius 2 is 2.43 bits per heavy atom. The van der Waals surface area contributed by atoms with Gasteiger partial charge in [0.2, 0.25) is 5.91 Å². The molecule has 0 saturated carbocycles. The van der Waals surface area contributed by atoms with E-state index in [-0.39, 0.29) is 11.9 Å². The number of aliphatic hydroxyl groups is 1. The lowest BCUT2D eigenvalue weighted by atomic mass is 10.1. The van der Waals surface area contributed by atoms with Crippen LogP contribution in [0.2, 0.25) is 0 Å². The third-order valence-electron chi connectivity index (χ3n) is 2.35. The van der Waals surface area contributed by atoms with E-state index in [9.17, 15) is 9.59 Å². The van der Waals surface area contributed by atoms with Crippen molar-refractivity contribution in [1.29, 1.82) is 0 Å². The molecule has 1 aliphatic rings. The van der Waals surface area contributed by atoms with Gasteiger partial charge in [0, 0.05) is 0 Å². The summed E-state index contributed by atoms with van der Waals surface area (Å²) < 4.78 is 0. The van der Waals surface area contributed by atoms with Gasteiger partial charge in [0.05, 0.1) is 12.1 Å². The van der Waals surface area contributed by atoms with E-state index in [1.54, 1.807) is 0 Å². The number of nitrogens with one attached hydrogen (secondary N) is 2. The minimum absolute atomic E-state index is 0.208. The Balaban J connectivity index is 2.41. The molecule has 1 rings (SSSR count). The lowest BCUT2D eigenvalue weighted by Gasteiger charge is -2.18. The highest BCUT2D eigenvalue weighted by Gasteiger charge is 2.25. The Kier molecular flexibility index (Phi) is 4.03. The first kappa shape index (κ1) is 11.1. The van der Waals surface area contributed by atoms with Crippen molar-refractivity contribution in [1.82, 2.24) is 10.6 Å². The van der Waals surface area contributed by atoms with Crippen LogP contribution >= 0.6 is 0 Å². The zero-order valence-corrected chi connectivity index (χ0v) is 8.19. The molecule has 5 nitrogen and oxygen atoms in total. The van der Waals surface area contributed by atoms with Crippen molar-refractivity contribution in [3.8, 4) is 0 Å². The van der Waals surface area contributed by atoms with E-state index in [4.69, 9.17) is 5.11 Å². The van der Waals surface area contributed by atoms with Crippen molar-refractivity contribution in [3.05, 3.63) is 0 Å². The maximum Gasteiger partial charge on any atom is 0.237 e. The summed E-state index contributed by atoms with van der Waals surface area (Å²) in [4.78, 5) is 22.0. The maximum absolute atomic E-state index is 11.5. The molecule has 1 aliphatic heterocycles. The number of amides is 1. The quantitative estimate of drug-likeness (QED) is 0.498. The molecule has 0 aromatic heterocycles. The topological polar surface area (TPSA) is 78.4 Å². The fourth-order valence-corrected chi connectivity index (χ4v) is 1.44. The van der Waals surface area contributed by atoms with Gasteiger partial charge in [0.25, 0.3) is 0 Å². The van der Waals surface area contributed by atoms with Crippen molar-refractivity contribution in [2.24, 2.45) is 0 Å². The predicted molar refractivity (Wildman–Crippen MR) is 50.7 cm³/mol. The highest BCUT2D eigenvalue weighted by atomic mass is 16.3. The molecule has 3 unspecified atom stereocenters. The Morgan fingerprint density at radius 3 is 2.86 bits per heavy atom. The second-order valence-electron chi connectivity index (χ2n) is 3.56. The SMILES string of the molecule is CC(O)C(C=O)NC(=O)C1CCCN1. The summed E-state index contributed by atoms with van der Waals surface area (Å²) in [6, 6.07) is -1.01. The summed E-state index contributed by atoms with van der Waals surface area (Å²) in [5.74, 6) is -0.208. The molecule has 5 heteroatoms. The summed E-state index contributed by atoms with van der Waals surface area (Å²) in [5, 5.41) is 14.6. The normalized spacial score (nSPS) is 25.4. The molecular weight excluding hydrogens is 184 g/mol. The second kappa shape index (κ2) is 5.07. The Hall–Kier alpha value is -0.940. The van der Waals surface area contributed by atoms with Gasteiger partial charge in [-0.3, -0.25) is 4.79 Å². The number of aliphatic hydroxyl groups excluding tert-OH is 1. The Bertz CT molecular complexity index is 212. The van der Waals surface area contributed by atoms with Crippen LogP contribution in [0.25, 0.3) is 0 Å². The lowest BCUT2D eigenvalue weighted by Crippen LogP contribution is -2.49. The summed E-state index contributed by atoms with van der Waals surface area (Å²) in [6.45, 7) is 2.31. The van der Waals surface area contributed by atoms with Gasteiger partial charge in [0.1, 0.15) is 12.3 Å². The summed E-state index contributed by atoms with van der Waals surface area (Å²) in [5.41, 5.74) is 0. The molecular formula is C9H16N2O3. The van der Waals surface area contributed by atoms with E-state index in [1.807, 2.05) is 0 Å². The van der Waals surface area contributed by atoms with E-state index in [0.29, 0.717) is 6.29 Å². The van der Waals surface area contributed by atoms with Crippen LogP contribution in [-0.4, -0.2) is 42.0 Å². The molecule has 1 amide bonds. The van der Waals surface area contributed by atoms with Crippen LogP contribution in [0.5, 0.6) is 0 Å². The van der Waals surface area contributed by atoms with Crippen molar-refractivity contribution in [2.45, 2.75) is 38.0 Å². The zero-order chi connectivity index (χ0) is 10.6. The van der Waals surface area contributed by atoms with Gasteiger partial charge >= 0.3 is 0 Å². The monoisotopic (exact) mass is 200 g/mol. The largest absolute Gasteiger partial charge is 0.391 e. The predicted octanol–water partition coefficient (Wildman–Crippen LogP) is -1.20. The van der Waals surface area contributed by atoms with E-state index in [2.05, 4.69) is 10.6 Å². The van der Waals surface area contributed by atoms with Gasteiger partial charge in [-0.25, -0.2) is 0 Å². The molecule has 0 aliphatic carbocycles. The van der Waals surface area contributed by atoms with Gasteiger partial charge in [0.15, 0.2) is 0 Å². The molecule has 1 saturated heterocycles. The lowest BCUT2D eigenvalue weighted by molar-refractivity contribution is -0.126.